The molecule has 0 aromatic carbocycles. The smallest absolute Gasteiger partial charge is 0.410 e. The number of likely N-dealkylation sites (tertiary alicyclic amines) is 1. The standard InChI is InChI=1S/C19H30N2O5/c1-18(2,3)26-17(24)21-8-6-19(7-9-21)12-14(19)16(23)20-15(22)13-4-10-25-11-5-13/h13-14H,4-12H2,1-3H3,(H,20,22,23). The number of hydrogen-bond donors (Lipinski definition) is 1. The van der Waals surface area contributed by atoms with E-state index in [1.165, 1.54) is 0 Å². The Labute approximate surface area is 154 Å². The summed E-state index contributed by atoms with van der Waals surface area (Å²) in [4.78, 5) is 38.6. The van der Waals surface area contributed by atoms with Crippen molar-refractivity contribution in [2.75, 3.05) is 26.3 Å². The summed E-state index contributed by atoms with van der Waals surface area (Å²) in [7, 11) is 0. The number of imide groups is 1. The number of piperidine rings is 1. The summed E-state index contributed by atoms with van der Waals surface area (Å²) in [6.45, 7) is 7.94. The van der Waals surface area contributed by atoms with E-state index in [0.717, 1.165) is 19.3 Å². The van der Waals surface area contributed by atoms with E-state index in [4.69, 9.17) is 9.47 Å². The van der Waals surface area contributed by atoms with Gasteiger partial charge in [-0.25, -0.2) is 4.79 Å². The molecule has 3 rings (SSSR count). The van der Waals surface area contributed by atoms with Crippen molar-refractivity contribution in [2.45, 2.75) is 58.5 Å². The number of carbonyl (C=O) groups excluding carboxylic acids is 3. The lowest BCUT2D eigenvalue weighted by Gasteiger charge is -2.34. The first-order valence-corrected chi connectivity index (χ1v) is 9.61. The molecule has 0 bridgehead atoms. The second-order valence-corrected chi connectivity index (χ2v) is 8.83. The van der Waals surface area contributed by atoms with Crippen LogP contribution in [-0.4, -0.2) is 54.7 Å². The van der Waals surface area contributed by atoms with Crippen molar-refractivity contribution in [3.63, 3.8) is 0 Å². The zero-order valence-corrected chi connectivity index (χ0v) is 16.0. The van der Waals surface area contributed by atoms with E-state index in [0.29, 0.717) is 39.1 Å². The van der Waals surface area contributed by atoms with E-state index < -0.39 is 5.60 Å². The van der Waals surface area contributed by atoms with Crippen LogP contribution >= 0.6 is 0 Å². The Morgan fingerprint density at radius 1 is 1.08 bits per heavy atom. The molecule has 26 heavy (non-hydrogen) atoms. The number of amides is 3. The molecule has 1 N–H and O–H groups in total. The number of ether oxygens (including phenoxy) is 2. The SMILES string of the molecule is CC(C)(C)OC(=O)N1CCC2(CC1)CC2C(=O)NC(=O)C1CCOCC1. The Morgan fingerprint density at radius 2 is 1.69 bits per heavy atom. The van der Waals surface area contributed by atoms with Gasteiger partial charge >= 0.3 is 6.09 Å². The van der Waals surface area contributed by atoms with Gasteiger partial charge in [0.15, 0.2) is 0 Å². The van der Waals surface area contributed by atoms with Gasteiger partial charge in [-0.2, -0.15) is 0 Å². The maximum atomic E-state index is 12.5. The summed E-state index contributed by atoms with van der Waals surface area (Å²) in [5, 5.41) is 2.61. The van der Waals surface area contributed by atoms with Gasteiger partial charge in [-0.1, -0.05) is 0 Å². The molecule has 2 saturated heterocycles. The van der Waals surface area contributed by atoms with Gasteiger partial charge in [0.25, 0.3) is 0 Å². The van der Waals surface area contributed by atoms with Crippen LogP contribution in [0, 0.1) is 17.3 Å². The Morgan fingerprint density at radius 3 is 2.27 bits per heavy atom. The van der Waals surface area contributed by atoms with Crippen LogP contribution in [0.1, 0.15) is 52.9 Å². The molecule has 3 amide bonds. The molecule has 2 heterocycles. The highest BCUT2D eigenvalue weighted by molar-refractivity contribution is 5.98. The third-order valence-electron chi connectivity index (χ3n) is 5.76. The molecule has 1 atom stereocenters. The first-order chi connectivity index (χ1) is 12.2. The lowest BCUT2D eigenvalue weighted by molar-refractivity contribution is -0.135. The molecule has 0 aromatic rings. The Balaban J connectivity index is 1.45. The molecule has 0 aromatic heterocycles. The van der Waals surface area contributed by atoms with Gasteiger partial charge in [-0.05, 0) is 58.3 Å². The first kappa shape index (κ1) is 19.1. The predicted molar refractivity (Wildman–Crippen MR) is 94.3 cm³/mol. The summed E-state index contributed by atoms with van der Waals surface area (Å²) in [6, 6.07) is 0. The van der Waals surface area contributed by atoms with Gasteiger partial charge in [0.1, 0.15) is 5.60 Å². The van der Waals surface area contributed by atoms with Gasteiger partial charge in [0.2, 0.25) is 11.8 Å². The van der Waals surface area contributed by atoms with Crippen LogP contribution in [0.25, 0.3) is 0 Å². The minimum absolute atomic E-state index is 0.0431. The average Bonchev–Trinajstić information content (AvgIpc) is 3.28. The van der Waals surface area contributed by atoms with Crippen LogP contribution < -0.4 is 5.32 Å². The maximum Gasteiger partial charge on any atom is 0.410 e. The molecule has 1 spiro atoms. The fraction of sp³-hybridized carbons (Fsp3) is 0.842. The van der Waals surface area contributed by atoms with Gasteiger partial charge in [0.05, 0.1) is 0 Å². The van der Waals surface area contributed by atoms with Crippen molar-refractivity contribution in [3.05, 3.63) is 0 Å². The molecule has 2 aliphatic heterocycles. The summed E-state index contributed by atoms with van der Waals surface area (Å²) < 4.78 is 10.7. The highest BCUT2D eigenvalue weighted by Crippen LogP contribution is 2.59. The lowest BCUT2D eigenvalue weighted by Crippen LogP contribution is -2.44. The van der Waals surface area contributed by atoms with Gasteiger partial charge in [0, 0.05) is 38.1 Å². The third-order valence-corrected chi connectivity index (χ3v) is 5.76. The number of nitrogens with zero attached hydrogens (tertiary/aromatic N) is 1. The van der Waals surface area contributed by atoms with Crippen molar-refractivity contribution < 1.29 is 23.9 Å². The number of hydrogen-bond acceptors (Lipinski definition) is 5. The molecule has 3 aliphatic rings. The van der Waals surface area contributed by atoms with Crippen molar-refractivity contribution in [2.24, 2.45) is 17.3 Å². The average molecular weight is 366 g/mol. The minimum Gasteiger partial charge on any atom is -0.444 e. The number of rotatable bonds is 2. The van der Waals surface area contributed by atoms with Crippen LogP contribution in [0.2, 0.25) is 0 Å². The Hall–Kier alpha value is -1.63. The molecule has 0 radical (unpaired) electrons. The highest BCUT2D eigenvalue weighted by atomic mass is 16.6. The topological polar surface area (TPSA) is 84.9 Å². The summed E-state index contributed by atoms with van der Waals surface area (Å²) in [5.41, 5.74) is -0.544. The normalized spacial score (nSPS) is 25.7. The summed E-state index contributed by atoms with van der Waals surface area (Å²) in [6.07, 6.45) is 3.45. The van der Waals surface area contributed by atoms with Crippen LogP contribution in [0.3, 0.4) is 0 Å². The molecular formula is C19H30N2O5. The molecule has 7 heteroatoms. The van der Waals surface area contributed by atoms with Gasteiger partial charge in [-0.3, -0.25) is 14.9 Å². The van der Waals surface area contributed by atoms with Gasteiger partial charge < -0.3 is 14.4 Å². The summed E-state index contributed by atoms with van der Waals surface area (Å²) in [5.74, 6) is -0.526. The number of carbonyl (C=O) groups is 3. The van der Waals surface area contributed by atoms with Gasteiger partial charge in [-0.15, -0.1) is 0 Å². The number of nitrogens with one attached hydrogen (secondary N) is 1. The summed E-state index contributed by atoms with van der Waals surface area (Å²) >= 11 is 0. The zero-order chi connectivity index (χ0) is 18.9. The quantitative estimate of drug-likeness (QED) is 0.757. The van der Waals surface area contributed by atoms with E-state index in [1.807, 2.05) is 20.8 Å². The van der Waals surface area contributed by atoms with Crippen LogP contribution in [0.5, 0.6) is 0 Å². The fourth-order valence-corrected chi connectivity index (χ4v) is 4.00. The molecule has 3 fully saturated rings. The molecule has 1 aliphatic carbocycles. The first-order valence-electron chi connectivity index (χ1n) is 9.61. The van der Waals surface area contributed by atoms with Crippen LogP contribution in [0.15, 0.2) is 0 Å². The molecule has 146 valence electrons. The van der Waals surface area contributed by atoms with E-state index in [-0.39, 0.29) is 35.2 Å². The largest absolute Gasteiger partial charge is 0.444 e. The second kappa shape index (κ2) is 7.18. The van der Waals surface area contributed by atoms with Crippen LogP contribution in [0.4, 0.5) is 4.79 Å². The van der Waals surface area contributed by atoms with E-state index in [1.54, 1.807) is 4.90 Å². The molecule has 1 unspecified atom stereocenters. The molecular weight excluding hydrogens is 336 g/mol. The molecule has 1 saturated carbocycles. The predicted octanol–water partition coefficient (Wildman–Crippen LogP) is 2.09. The minimum atomic E-state index is -0.501. The van der Waals surface area contributed by atoms with Crippen molar-refractivity contribution in [1.82, 2.24) is 10.2 Å². The van der Waals surface area contributed by atoms with E-state index in [2.05, 4.69) is 5.32 Å². The van der Waals surface area contributed by atoms with E-state index in [9.17, 15) is 14.4 Å². The van der Waals surface area contributed by atoms with Crippen molar-refractivity contribution >= 4 is 17.9 Å². The monoisotopic (exact) mass is 366 g/mol. The van der Waals surface area contributed by atoms with Crippen LogP contribution in [-0.2, 0) is 19.1 Å². The third kappa shape index (κ3) is 4.37. The van der Waals surface area contributed by atoms with Crippen molar-refractivity contribution in [1.29, 1.82) is 0 Å². The second-order valence-electron chi connectivity index (χ2n) is 8.83. The maximum absolute atomic E-state index is 12.5. The zero-order valence-electron chi connectivity index (χ0n) is 16.0. The lowest BCUT2D eigenvalue weighted by atomic mass is 9.90. The molecule has 7 nitrogen and oxygen atoms in total. The Bertz CT molecular complexity index is 569. The van der Waals surface area contributed by atoms with E-state index >= 15 is 0 Å². The van der Waals surface area contributed by atoms with Crippen molar-refractivity contribution in [3.8, 4) is 0 Å². The Kier molecular flexibility index (Phi) is 5.28. The fourth-order valence-electron chi connectivity index (χ4n) is 4.00. The highest BCUT2D eigenvalue weighted by Gasteiger charge is 2.59.